The number of hydrogen-bond acceptors (Lipinski definition) is 3. The Balaban J connectivity index is 2.04. The minimum absolute atomic E-state index is 0.0469. The number of anilines is 1. The number of carbonyl (C=O) groups excluding carboxylic acids is 1. The molecular formula is C15H14ClNO3. The topological polar surface area (TPSA) is 58.6 Å². The first-order valence-corrected chi connectivity index (χ1v) is 6.48. The van der Waals surface area contributed by atoms with Crippen LogP contribution in [0.3, 0.4) is 0 Å². The fourth-order valence-corrected chi connectivity index (χ4v) is 1.81. The molecule has 0 saturated heterocycles. The van der Waals surface area contributed by atoms with E-state index >= 15 is 0 Å². The van der Waals surface area contributed by atoms with Crippen molar-refractivity contribution >= 4 is 23.2 Å². The molecule has 2 N–H and O–H groups in total. The number of halogens is 1. The highest BCUT2D eigenvalue weighted by Gasteiger charge is 2.08. The second-order valence-electron chi connectivity index (χ2n) is 4.03. The molecule has 0 spiro atoms. The summed E-state index contributed by atoms with van der Waals surface area (Å²) in [6.07, 6.45) is 0. The van der Waals surface area contributed by atoms with Gasteiger partial charge in [-0.3, -0.25) is 4.79 Å². The van der Waals surface area contributed by atoms with Crippen LogP contribution in [0.15, 0.2) is 48.5 Å². The van der Waals surface area contributed by atoms with Gasteiger partial charge in [-0.25, -0.2) is 0 Å². The van der Waals surface area contributed by atoms with Gasteiger partial charge in [0.2, 0.25) is 0 Å². The summed E-state index contributed by atoms with van der Waals surface area (Å²) in [7, 11) is 0. The molecule has 0 atom stereocenters. The third-order valence-electron chi connectivity index (χ3n) is 2.60. The third kappa shape index (κ3) is 3.73. The van der Waals surface area contributed by atoms with E-state index in [1.807, 2.05) is 0 Å². The summed E-state index contributed by atoms with van der Waals surface area (Å²) in [4.78, 5) is 12.0. The van der Waals surface area contributed by atoms with Crippen LogP contribution in [-0.4, -0.2) is 24.2 Å². The van der Waals surface area contributed by atoms with E-state index in [1.165, 1.54) is 0 Å². The summed E-state index contributed by atoms with van der Waals surface area (Å²) in [5.74, 6) is 0.361. The van der Waals surface area contributed by atoms with E-state index in [4.69, 9.17) is 21.4 Å². The molecule has 0 bridgehead atoms. The molecule has 0 unspecified atom stereocenters. The number of amides is 1. The molecule has 20 heavy (non-hydrogen) atoms. The molecule has 2 aromatic rings. The number of benzene rings is 2. The van der Waals surface area contributed by atoms with Gasteiger partial charge in [-0.1, -0.05) is 23.7 Å². The first-order chi connectivity index (χ1) is 9.70. The van der Waals surface area contributed by atoms with Crippen LogP contribution in [0.2, 0.25) is 5.02 Å². The maximum absolute atomic E-state index is 12.0. The van der Waals surface area contributed by atoms with Crippen LogP contribution < -0.4 is 10.1 Å². The van der Waals surface area contributed by atoms with E-state index in [-0.39, 0.29) is 19.1 Å². The summed E-state index contributed by atoms with van der Waals surface area (Å²) in [5.41, 5.74) is 1.07. The van der Waals surface area contributed by atoms with Gasteiger partial charge in [-0.15, -0.1) is 0 Å². The lowest BCUT2D eigenvalue weighted by Crippen LogP contribution is -2.12. The highest BCUT2D eigenvalue weighted by molar-refractivity contribution is 6.33. The Morgan fingerprint density at radius 2 is 1.85 bits per heavy atom. The molecule has 0 aromatic heterocycles. The van der Waals surface area contributed by atoms with E-state index in [1.54, 1.807) is 48.5 Å². The highest BCUT2D eigenvalue weighted by Crippen LogP contribution is 2.21. The molecule has 0 saturated carbocycles. The molecule has 2 aromatic carbocycles. The van der Waals surface area contributed by atoms with Crippen LogP contribution in [-0.2, 0) is 0 Å². The van der Waals surface area contributed by atoms with E-state index in [9.17, 15) is 4.79 Å². The Kier molecular flexibility index (Phi) is 4.98. The van der Waals surface area contributed by atoms with Crippen molar-refractivity contribution in [3.05, 3.63) is 59.1 Å². The van der Waals surface area contributed by atoms with Gasteiger partial charge in [0.25, 0.3) is 5.91 Å². The summed E-state index contributed by atoms with van der Waals surface area (Å²) >= 11 is 5.98. The van der Waals surface area contributed by atoms with Gasteiger partial charge < -0.3 is 15.2 Å². The number of para-hydroxylation sites is 1. The zero-order valence-corrected chi connectivity index (χ0v) is 11.4. The molecule has 0 aliphatic heterocycles. The van der Waals surface area contributed by atoms with E-state index < -0.39 is 0 Å². The molecule has 0 radical (unpaired) electrons. The lowest BCUT2D eigenvalue weighted by atomic mass is 10.2. The second-order valence-corrected chi connectivity index (χ2v) is 4.44. The van der Waals surface area contributed by atoms with Crippen molar-refractivity contribution < 1.29 is 14.6 Å². The van der Waals surface area contributed by atoms with Crippen molar-refractivity contribution in [1.29, 1.82) is 0 Å². The van der Waals surface area contributed by atoms with Crippen molar-refractivity contribution in [3.8, 4) is 5.75 Å². The molecule has 5 heteroatoms. The molecule has 1 amide bonds. The number of aliphatic hydroxyl groups excluding tert-OH is 1. The largest absolute Gasteiger partial charge is 0.491 e. The zero-order valence-electron chi connectivity index (χ0n) is 10.7. The van der Waals surface area contributed by atoms with Gasteiger partial charge in [-0.2, -0.15) is 0 Å². The van der Waals surface area contributed by atoms with Crippen LogP contribution in [0.5, 0.6) is 5.75 Å². The Morgan fingerprint density at radius 1 is 1.15 bits per heavy atom. The quantitative estimate of drug-likeness (QED) is 0.890. The summed E-state index contributed by atoms with van der Waals surface area (Å²) in [6, 6.07) is 13.7. The van der Waals surface area contributed by atoms with Crippen molar-refractivity contribution in [1.82, 2.24) is 0 Å². The molecular weight excluding hydrogens is 278 g/mol. The standard InChI is InChI=1S/C15H14ClNO3/c16-13-3-1-2-4-14(13)17-15(19)11-5-7-12(8-6-11)20-10-9-18/h1-8,18H,9-10H2,(H,17,19). The van der Waals surface area contributed by atoms with Crippen molar-refractivity contribution in [2.45, 2.75) is 0 Å². The second kappa shape index (κ2) is 6.93. The van der Waals surface area contributed by atoms with Gasteiger partial charge in [0.05, 0.1) is 17.3 Å². The summed E-state index contributed by atoms with van der Waals surface area (Å²) < 4.78 is 5.22. The summed E-state index contributed by atoms with van der Waals surface area (Å²) in [5, 5.41) is 11.9. The lowest BCUT2D eigenvalue weighted by molar-refractivity contribution is 0.102. The van der Waals surface area contributed by atoms with Crippen LogP contribution >= 0.6 is 11.6 Å². The minimum Gasteiger partial charge on any atom is -0.491 e. The third-order valence-corrected chi connectivity index (χ3v) is 2.93. The molecule has 0 aliphatic rings. The van der Waals surface area contributed by atoms with Crippen LogP contribution in [0, 0.1) is 0 Å². The first kappa shape index (κ1) is 14.4. The van der Waals surface area contributed by atoms with Gasteiger partial charge in [0.1, 0.15) is 12.4 Å². The van der Waals surface area contributed by atoms with E-state index in [0.717, 1.165) is 0 Å². The number of hydrogen-bond donors (Lipinski definition) is 2. The molecule has 0 aliphatic carbocycles. The highest BCUT2D eigenvalue weighted by atomic mass is 35.5. The van der Waals surface area contributed by atoms with Crippen molar-refractivity contribution in [2.75, 3.05) is 18.5 Å². The number of ether oxygens (including phenoxy) is 1. The predicted molar refractivity (Wildman–Crippen MR) is 78.4 cm³/mol. The number of nitrogens with one attached hydrogen (secondary N) is 1. The molecule has 2 rings (SSSR count). The fourth-order valence-electron chi connectivity index (χ4n) is 1.62. The number of carbonyl (C=O) groups is 1. The average molecular weight is 292 g/mol. The van der Waals surface area contributed by atoms with E-state index in [0.29, 0.717) is 22.0 Å². The molecule has 104 valence electrons. The van der Waals surface area contributed by atoms with Crippen LogP contribution in [0.1, 0.15) is 10.4 Å². The molecule has 0 fully saturated rings. The smallest absolute Gasteiger partial charge is 0.255 e. The van der Waals surface area contributed by atoms with Gasteiger partial charge in [0, 0.05) is 5.56 Å². The lowest BCUT2D eigenvalue weighted by Gasteiger charge is -2.08. The van der Waals surface area contributed by atoms with Crippen LogP contribution in [0.4, 0.5) is 5.69 Å². The summed E-state index contributed by atoms with van der Waals surface area (Å²) in [6.45, 7) is 0.180. The maximum atomic E-state index is 12.0. The maximum Gasteiger partial charge on any atom is 0.255 e. The predicted octanol–water partition coefficient (Wildman–Crippen LogP) is 2.96. The SMILES string of the molecule is O=C(Nc1ccccc1Cl)c1ccc(OCCO)cc1. The Hall–Kier alpha value is -2.04. The van der Waals surface area contributed by atoms with Crippen molar-refractivity contribution in [3.63, 3.8) is 0 Å². The minimum atomic E-state index is -0.244. The van der Waals surface area contributed by atoms with E-state index in [2.05, 4.69) is 5.32 Å². The monoisotopic (exact) mass is 291 g/mol. The van der Waals surface area contributed by atoms with Crippen LogP contribution in [0.25, 0.3) is 0 Å². The number of rotatable bonds is 5. The van der Waals surface area contributed by atoms with Crippen molar-refractivity contribution in [2.24, 2.45) is 0 Å². The average Bonchev–Trinajstić information content (AvgIpc) is 2.48. The Morgan fingerprint density at radius 3 is 2.50 bits per heavy atom. The fraction of sp³-hybridized carbons (Fsp3) is 0.133. The Labute approximate surface area is 122 Å². The zero-order chi connectivity index (χ0) is 14.4. The Bertz CT molecular complexity index is 584. The number of aliphatic hydroxyl groups is 1. The van der Waals surface area contributed by atoms with Gasteiger partial charge in [-0.05, 0) is 36.4 Å². The normalized spacial score (nSPS) is 10.1. The first-order valence-electron chi connectivity index (χ1n) is 6.10. The molecule has 0 heterocycles. The van der Waals surface area contributed by atoms with Gasteiger partial charge >= 0.3 is 0 Å². The van der Waals surface area contributed by atoms with Gasteiger partial charge in [0.15, 0.2) is 0 Å². The molecule has 4 nitrogen and oxygen atoms in total.